The molecule has 9 heteroatoms. The van der Waals surface area contributed by atoms with Crippen LogP contribution in [-0.4, -0.2) is 35.1 Å². The molecule has 0 saturated carbocycles. The highest BCUT2D eigenvalue weighted by Crippen LogP contribution is 2.37. The molecular formula is C22H27ClN2O5S. The summed E-state index contributed by atoms with van der Waals surface area (Å²) in [6.45, 7) is 4.84. The first-order valence-corrected chi connectivity index (χ1v) is 11.5. The van der Waals surface area contributed by atoms with Crippen molar-refractivity contribution in [1.82, 2.24) is 10.0 Å². The zero-order valence-electron chi connectivity index (χ0n) is 17.9. The van der Waals surface area contributed by atoms with Gasteiger partial charge in [0.25, 0.3) is 0 Å². The SMILES string of the molecule is CNS(=O)(=O)c1ccc(CNC(=O)/C=C/c2cc(Cl)c(OCC(C)C)c(OC)c2)cc1. The largest absolute Gasteiger partial charge is 0.493 e. The van der Waals surface area contributed by atoms with Gasteiger partial charge < -0.3 is 14.8 Å². The summed E-state index contributed by atoms with van der Waals surface area (Å²) in [5, 5.41) is 3.15. The number of methoxy groups -OCH3 is 1. The smallest absolute Gasteiger partial charge is 0.244 e. The van der Waals surface area contributed by atoms with Crippen LogP contribution in [0.4, 0.5) is 0 Å². The number of carbonyl (C=O) groups is 1. The van der Waals surface area contributed by atoms with Crippen molar-refractivity contribution in [1.29, 1.82) is 0 Å². The Kier molecular flexibility index (Phi) is 8.91. The van der Waals surface area contributed by atoms with Gasteiger partial charge in [0.05, 0.1) is 23.6 Å². The summed E-state index contributed by atoms with van der Waals surface area (Å²) in [6, 6.07) is 9.71. The molecule has 0 heterocycles. The van der Waals surface area contributed by atoms with Gasteiger partial charge in [-0.05, 0) is 54.4 Å². The molecule has 2 rings (SSSR count). The Morgan fingerprint density at radius 2 is 1.87 bits per heavy atom. The van der Waals surface area contributed by atoms with Gasteiger partial charge in [-0.25, -0.2) is 13.1 Å². The number of sulfonamides is 1. The molecule has 0 aliphatic heterocycles. The van der Waals surface area contributed by atoms with Crippen molar-refractivity contribution in [2.45, 2.75) is 25.3 Å². The normalized spacial score (nSPS) is 11.7. The molecule has 0 atom stereocenters. The van der Waals surface area contributed by atoms with Crippen LogP contribution in [0.1, 0.15) is 25.0 Å². The van der Waals surface area contributed by atoms with Crippen LogP contribution in [0.25, 0.3) is 6.08 Å². The lowest BCUT2D eigenvalue weighted by molar-refractivity contribution is -0.116. The summed E-state index contributed by atoms with van der Waals surface area (Å²) in [5.74, 6) is 1.00. The van der Waals surface area contributed by atoms with E-state index in [0.29, 0.717) is 34.6 Å². The predicted molar refractivity (Wildman–Crippen MR) is 122 cm³/mol. The quantitative estimate of drug-likeness (QED) is 0.521. The molecule has 2 aromatic carbocycles. The Balaban J connectivity index is 2.00. The number of rotatable bonds is 10. The van der Waals surface area contributed by atoms with Crippen LogP contribution in [0.3, 0.4) is 0 Å². The molecule has 168 valence electrons. The zero-order chi connectivity index (χ0) is 23.0. The standard InChI is InChI=1S/C22H27ClN2O5S/c1-15(2)14-30-22-19(23)11-17(12-20(22)29-4)7-10-21(26)25-13-16-5-8-18(9-6-16)31(27,28)24-3/h5-12,15,24H,13-14H2,1-4H3,(H,25,26)/b10-7+. The highest BCUT2D eigenvalue weighted by atomic mass is 35.5. The minimum atomic E-state index is -3.48. The average Bonchev–Trinajstić information content (AvgIpc) is 2.75. The second-order valence-electron chi connectivity index (χ2n) is 7.14. The first kappa shape index (κ1) is 24.7. The second kappa shape index (κ2) is 11.2. The highest BCUT2D eigenvalue weighted by Gasteiger charge is 2.13. The molecule has 0 saturated heterocycles. The maximum atomic E-state index is 12.2. The van der Waals surface area contributed by atoms with E-state index in [9.17, 15) is 13.2 Å². The fraction of sp³-hybridized carbons (Fsp3) is 0.318. The fourth-order valence-electron chi connectivity index (χ4n) is 2.55. The zero-order valence-corrected chi connectivity index (χ0v) is 19.5. The van der Waals surface area contributed by atoms with Crippen LogP contribution in [-0.2, 0) is 21.4 Å². The second-order valence-corrected chi connectivity index (χ2v) is 9.44. The van der Waals surface area contributed by atoms with Gasteiger partial charge in [-0.3, -0.25) is 4.79 Å². The number of amides is 1. The number of ether oxygens (including phenoxy) is 2. The Labute approximate surface area is 188 Å². The Hall–Kier alpha value is -2.55. The lowest BCUT2D eigenvalue weighted by Gasteiger charge is -2.14. The van der Waals surface area contributed by atoms with Crippen molar-refractivity contribution in [3.05, 3.63) is 58.6 Å². The van der Waals surface area contributed by atoms with Crippen molar-refractivity contribution in [3.63, 3.8) is 0 Å². The van der Waals surface area contributed by atoms with Gasteiger partial charge in [0.2, 0.25) is 15.9 Å². The topological polar surface area (TPSA) is 93.7 Å². The molecule has 31 heavy (non-hydrogen) atoms. The van der Waals surface area contributed by atoms with Gasteiger partial charge in [0.15, 0.2) is 11.5 Å². The first-order valence-electron chi connectivity index (χ1n) is 9.65. The first-order chi connectivity index (χ1) is 14.7. The average molecular weight is 467 g/mol. The summed E-state index contributed by atoms with van der Waals surface area (Å²) in [7, 11) is -0.604. The Morgan fingerprint density at radius 1 is 1.19 bits per heavy atom. The molecule has 0 fully saturated rings. The molecule has 0 aliphatic carbocycles. The van der Waals surface area contributed by atoms with Crippen LogP contribution < -0.4 is 19.5 Å². The van der Waals surface area contributed by atoms with Crippen molar-refractivity contribution < 1.29 is 22.7 Å². The van der Waals surface area contributed by atoms with Crippen molar-refractivity contribution in [2.24, 2.45) is 5.92 Å². The maximum absolute atomic E-state index is 12.2. The molecule has 1 amide bonds. The molecule has 0 unspecified atom stereocenters. The van der Waals surface area contributed by atoms with E-state index in [1.54, 1.807) is 30.3 Å². The van der Waals surface area contributed by atoms with E-state index in [4.69, 9.17) is 21.1 Å². The molecule has 0 radical (unpaired) electrons. The minimum absolute atomic E-state index is 0.164. The summed E-state index contributed by atoms with van der Waals surface area (Å²) in [5.41, 5.74) is 1.46. The van der Waals surface area contributed by atoms with E-state index in [2.05, 4.69) is 10.0 Å². The van der Waals surface area contributed by atoms with E-state index in [-0.39, 0.29) is 17.3 Å². The van der Waals surface area contributed by atoms with Gasteiger partial charge in [0.1, 0.15) is 0 Å². The van der Waals surface area contributed by atoms with Crippen LogP contribution >= 0.6 is 11.6 Å². The Bertz CT molecular complexity index is 1030. The van der Waals surface area contributed by atoms with E-state index >= 15 is 0 Å². The lowest BCUT2D eigenvalue weighted by Crippen LogP contribution is -2.21. The molecule has 0 aliphatic rings. The van der Waals surface area contributed by atoms with Crippen LogP contribution in [0.5, 0.6) is 11.5 Å². The number of nitrogens with one attached hydrogen (secondary N) is 2. The van der Waals surface area contributed by atoms with Gasteiger partial charge in [-0.1, -0.05) is 37.6 Å². The molecule has 2 aromatic rings. The summed E-state index contributed by atoms with van der Waals surface area (Å²) < 4.78 is 36.8. The summed E-state index contributed by atoms with van der Waals surface area (Å²) in [4.78, 5) is 12.3. The Morgan fingerprint density at radius 3 is 2.45 bits per heavy atom. The van der Waals surface area contributed by atoms with Crippen LogP contribution in [0, 0.1) is 5.92 Å². The predicted octanol–water partition coefficient (Wildman–Crippen LogP) is 3.62. The molecular weight excluding hydrogens is 440 g/mol. The highest BCUT2D eigenvalue weighted by molar-refractivity contribution is 7.89. The number of benzene rings is 2. The monoisotopic (exact) mass is 466 g/mol. The van der Waals surface area contributed by atoms with E-state index < -0.39 is 10.0 Å². The molecule has 2 N–H and O–H groups in total. The molecule has 0 spiro atoms. The van der Waals surface area contributed by atoms with E-state index in [1.165, 1.54) is 32.4 Å². The number of halogens is 1. The van der Waals surface area contributed by atoms with Crippen molar-refractivity contribution >= 4 is 33.6 Å². The third-order valence-electron chi connectivity index (χ3n) is 4.21. The fourth-order valence-corrected chi connectivity index (χ4v) is 3.55. The summed E-state index contributed by atoms with van der Waals surface area (Å²) >= 11 is 6.32. The van der Waals surface area contributed by atoms with Gasteiger partial charge >= 0.3 is 0 Å². The third kappa shape index (κ3) is 7.27. The van der Waals surface area contributed by atoms with Crippen LogP contribution in [0.2, 0.25) is 5.02 Å². The minimum Gasteiger partial charge on any atom is -0.493 e. The van der Waals surface area contributed by atoms with Crippen LogP contribution in [0.15, 0.2) is 47.4 Å². The molecule has 7 nitrogen and oxygen atoms in total. The number of hydrogen-bond donors (Lipinski definition) is 2. The summed E-state index contributed by atoms with van der Waals surface area (Å²) in [6.07, 6.45) is 3.01. The van der Waals surface area contributed by atoms with E-state index in [0.717, 1.165) is 5.56 Å². The maximum Gasteiger partial charge on any atom is 0.244 e. The van der Waals surface area contributed by atoms with E-state index in [1.807, 2.05) is 13.8 Å². The molecule has 0 aromatic heterocycles. The third-order valence-corrected chi connectivity index (χ3v) is 5.92. The van der Waals surface area contributed by atoms with Gasteiger partial charge in [0, 0.05) is 12.6 Å². The van der Waals surface area contributed by atoms with Gasteiger partial charge in [-0.2, -0.15) is 0 Å². The van der Waals surface area contributed by atoms with Gasteiger partial charge in [-0.15, -0.1) is 0 Å². The molecule has 0 bridgehead atoms. The van der Waals surface area contributed by atoms with Crippen molar-refractivity contribution in [2.75, 3.05) is 20.8 Å². The lowest BCUT2D eigenvalue weighted by atomic mass is 10.1. The number of hydrogen-bond acceptors (Lipinski definition) is 5. The number of carbonyl (C=O) groups excluding carboxylic acids is 1. The van der Waals surface area contributed by atoms with Crippen molar-refractivity contribution in [3.8, 4) is 11.5 Å².